The molecule has 98 valence electrons. The van der Waals surface area contributed by atoms with Crippen molar-refractivity contribution in [2.24, 2.45) is 5.41 Å². The Balaban J connectivity index is 1.59. The summed E-state index contributed by atoms with van der Waals surface area (Å²) in [5, 5.41) is 8.41. The zero-order chi connectivity index (χ0) is 12.6. The molecule has 1 saturated carbocycles. The van der Waals surface area contributed by atoms with E-state index >= 15 is 0 Å². The lowest BCUT2D eigenvalue weighted by molar-refractivity contribution is -0.0708. The Morgan fingerprint density at radius 3 is 2.50 bits per heavy atom. The zero-order valence-corrected chi connectivity index (χ0v) is 11.2. The van der Waals surface area contributed by atoms with Crippen molar-refractivity contribution in [1.29, 1.82) is 0 Å². The molecule has 0 amide bonds. The molecule has 4 heteroatoms. The van der Waals surface area contributed by atoms with Crippen LogP contribution in [-0.2, 0) is 4.74 Å². The monoisotopic (exact) mass is 247 g/mol. The fraction of sp³-hybridized carbons (Fsp3) is 0.714. The van der Waals surface area contributed by atoms with Crippen molar-refractivity contribution in [3.05, 3.63) is 17.8 Å². The third kappa shape index (κ3) is 2.09. The molecule has 1 saturated heterocycles. The summed E-state index contributed by atoms with van der Waals surface area (Å²) in [4.78, 5) is 2.36. The summed E-state index contributed by atoms with van der Waals surface area (Å²) < 4.78 is 5.40. The molecule has 0 aromatic carbocycles. The molecule has 0 N–H and O–H groups in total. The Morgan fingerprint density at radius 2 is 1.94 bits per heavy atom. The van der Waals surface area contributed by atoms with Gasteiger partial charge in [-0.3, -0.25) is 0 Å². The molecule has 0 unspecified atom stereocenters. The van der Waals surface area contributed by atoms with Gasteiger partial charge in [0, 0.05) is 20.2 Å². The summed E-state index contributed by atoms with van der Waals surface area (Å²) >= 11 is 0. The lowest BCUT2D eigenvalue weighted by Gasteiger charge is -2.51. The van der Waals surface area contributed by atoms with Crippen LogP contribution in [0.4, 0.5) is 5.82 Å². The molecule has 0 bridgehead atoms. The number of methoxy groups -OCH3 is 1. The number of ether oxygens (including phenoxy) is 1. The Labute approximate surface area is 108 Å². The van der Waals surface area contributed by atoms with Crippen LogP contribution >= 0.6 is 0 Å². The fourth-order valence-corrected chi connectivity index (χ4v) is 3.25. The highest BCUT2D eigenvalue weighted by Crippen LogP contribution is 2.50. The van der Waals surface area contributed by atoms with Crippen LogP contribution in [0.25, 0.3) is 0 Å². The lowest BCUT2D eigenvalue weighted by atomic mass is 9.61. The first-order valence-corrected chi connectivity index (χ1v) is 6.79. The van der Waals surface area contributed by atoms with E-state index in [4.69, 9.17) is 4.74 Å². The molecule has 18 heavy (non-hydrogen) atoms. The van der Waals surface area contributed by atoms with Crippen molar-refractivity contribution in [1.82, 2.24) is 10.2 Å². The normalized spacial score (nSPS) is 23.1. The van der Waals surface area contributed by atoms with E-state index in [1.165, 1.54) is 25.7 Å². The average Bonchev–Trinajstić information content (AvgIpc) is 2.37. The zero-order valence-electron chi connectivity index (χ0n) is 11.2. The number of piperidine rings is 1. The predicted octanol–water partition coefficient (Wildman–Crippen LogP) is 2.18. The number of aryl methyl sites for hydroxylation is 1. The second kappa shape index (κ2) is 4.50. The van der Waals surface area contributed by atoms with E-state index in [-0.39, 0.29) is 0 Å². The minimum absolute atomic E-state index is 0.510. The number of anilines is 1. The number of nitrogens with zero attached hydrogens (tertiary/aromatic N) is 3. The molecule has 2 heterocycles. The maximum absolute atomic E-state index is 5.40. The predicted molar refractivity (Wildman–Crippen MR) is 70.7 cm³/mol. The second-order valence-electron chi connectivity index (χ2n) is 5.79. The number of rotatable bonds is 2. The molecule has 1 aliphatic carbocycles. The van der Waals surface area contributed by atoms with Gasteiger partial charge in [-0.05, 0) is 50.2 Å². The van der Waals surface area contributed by atoms with Gasteiger partial charge in [-0.2, -0.15) is 5.10 Å². The van der Waals surface area contributed by atoms with Crippen LogP contribution in [0.2, 0.25) is 0 Å². The van der Waals surface area contributed by atoms with Crippen molar-refractivity contribution in [3.63, 3.8) is 0 Å². The topological polar surface area (TPSA) is 38.2 Å². The summed E-state index contributed by atoms with van der Waals surface area (Å²) in [5.41, 5.74) is 1.55. The van der Waals surface area contributed by atoms with Gasteiger partial charge in [-0.25, -0.2) is 0 Å². The molecule has 1 aromatic rings. The molecule has 2 fully saturated rings. The Hall–Kier alpha value is -1.16. The summed E-state index contributed by atoms with van der Waals surface area (Å²) in [7, 11) is 1.83. The third-order valence-electron chi connectivity index (χ3n) is 4.59. The van der Waals surface area contributed by atoms with Crippen LogP contribution < -0.4 is 4.90 Å². The molecule has 3 rings (SSSR count). The molecule has 1 spiro atoms. The van der Waals surface area contributed by atoms with Gasteiger partial charge in [0.25, 0.3) is 0 Å². The first-order valence-electron chi connectivity index (χ1n) is 6.79. The molecular formula is C14H21N3O. The van der Waals surface area contributed by atoms with Crippen LogP contribution in [0.5, 0.6) is 0 Å². The molecular weight excluding hydrogens is 226 g/mol. The highest BCUT2D eigenvalue weighted by molar-refractivity contribution is 5.38. The quantitative estimate of drug-likeness (QED) is 0.803. The summed E-state index contributed by atoms with van der Waals surface area (Å²) in [5.74, 6) is 1.03. The lowest BCUT2D eigenvalue weighted by Crippen LogP contribution is -2.49. The van der Waals surface area contributed by atoms with Crippen LogP contribution in [-0.4, -0.2) is 36.5 Å². The van der Waals surface area contributed by atoms with Crippen molar-refractivity contribution in [3.8, 4) is 0 Å². The molecule has 2 aliphatic rings. The Bertz CT molecular complexity index is 402. The van der Waals surface area contributed by atoms with E-state index in [9.17, 15) is 0 Å². The molecule has 0 atom stereocenters. The van der Waals surface area contributed by atoms with Gasteiger partial charge >= 0.3 is 0 Å². The smallest absolute Gasteiger partial charge is 0.151 e. The summed E-state index contributed by atoms with van der Waals surface area (Å²) in [6, 6.07) is 4.12. The molecule has 1 aliphatic heterocycles. The first kappa shape index (κ1) is 11.9. The van der Waals surface area contributed by atoms with E-state index in [2.05, 4.69) is 21.2 Å². The average molecular weight is 247 g/mol. The largest absolute Gasteiger partial charge is 0.381 e. The number of hydrogen-bond acceptors (Lipinski definition) is 4. The Morgan fingerprint density at radius 1 is 1.22 bits per heavy atom. The molecule has 1 aromatic heterocycles. The SMILES string of the molecule is COC1CC2(CCN(c3ccc(C)nn3)CC2)C1. The highest BCUT2D eigenvalue weighted by atomic mass is 16.5. The number of hydrogen-bond donors (Lipinski definition) is 0. The van der Waals surface area contributed by atoms with Crippen molar-refractivity contribution in [2.45, 2.75) is 38.7 Å². The number of aromatic nitrogens is 2. The van der Waals surface area contributed by atoms with E-state index in [0.717, 1.165) is 24.6 Å². The van der Waals surface area contributed by atoms with Crippen LogP contribution in [0, 0.1) is 12.3 Å². The maximum Gasteiger partial charge on any atom is 0.151 e. The van der Waals surface area contributed by atoms with Crippen molar-refractivity contribution in [2.75, 3.05) is 25.1 Å². The maximum atomic E-state index is 5.40. The minimum atomic E-state index is 0.510. The second-order valence-corrected chi connectivity index (χ2v) is 5.79. The van der Waals surface area contributed by atoms with Gasteiger partial charge in [-0.15, -0.1) is 5.10 Å². The van der Waals surface area contributed by atoms with Gasteiger partial charge in [0.15, 0.2) is 5.82 Å². The Kier molecular flexibility index (Phi) is 2.98. The molecule has 0 radical (unpaired) electrons. The van der Waals surface area contributed by atoms with Crippen LogP contribution in [0.1, 0.15) is 31.4 Å². The van der Waals surface area contributed by atoms with Gasteiger partial charge in [0.2, 0.25) is 0 Å². The summed E-state index contributed by atoms with van der Waals surface area (Å²) in [6.07, 6.45) is 5.54. The van der Waals surface area contributed by atoms with E-state index in [1.807, 2.05) is 20.1 Å². The van der Waals surface area contributed by atoms with Crippen molar-refractivity contribution < 1.29 is 4.74 Å². The van der Waals surface area contributed by atoms with E-state index in [1.54, 1.807) is 0 Å². The van der Waals surface area contributed by atoms with Gasteiger partial charge < -0.3 is 9.64 Å². The highest BCUT2D eigenvalue weighted by Gasteiger charge is 2.46. The first-order chi connectivity index (χ1) is 8.71. The third-order valence-corrected chi connectivity index (χ3v) is 4.59. The standard InChI is InChI=1S/C14H21N3O/c1-11-3-4-13(16-15-11)17-7-5-14(6-8-17)9-12(10-14)18-2/h3-4,12H,5-10H2,1-2H3. The molecule has 4 nitrogen and oxygen atoms in total. The summed E-state index contributed by atoms with van der Waals surface area (Å²) in [6.45, 7) is 4.18. The van der Waals surface area contributed by atoms with Crippen LogP contribution in [0.15, 0.2) is 12.1 Å². The van der Waals surface area contributed by atoms with E-state index < -0.39 is 0 Å². The van der Waals surface area contributed by atoms with E-state index in [0.29, 0.717) is 11.5 Å². The minimum Gasteiger partial charge on any atom is -0.381 e. The van der Waals surface area contributed by atoms with Gasteiger partial charge in [0.1, 0.15) is 0 Å². The van der Waals surface area contributed by atoms with Gasteiger partial charge in [-0.1, -0.05) is 0 Å². The van der Waals surface area contributed by atoms with Crippen molar-refractivity contribution >= 4 is 5.82 Å². The van der Waals surface area contributed by atoms with Gasteiger partial charge in [0.05, 0.1) is 11.8 Å². The van der Waals surface area contributed by atoms with Crippen LogP contribution in [0.3, 0.4) is 0 Å². The fourth-order valence-electron chi connectivity index (χ4n) is 3.25.